The zero-order valence-corrected chi connectivity index (χ0v) is 12.8. The summed E-state index contributed by atoms with van der Waals surface area (Å²) >= 11 is 0. The minimum absolute atomic E-state index is 0.0230. The predicted octanol–water partition coefficient (Wildman–Crippen LogP) is 1.99. The van der Waals surface area contributed by atoms with Crippen LogP contribution in [-0.4, -0.2) is 41.8 Å². The van der Waals surface area contributed by atoms with Crippen LogP contribution in [-0.2, 0) is 9.53 Å². The Hall–Kier alpha value is -0.610. The first-order valence-electron chi connectivity index (χ1n) is 7.67. The van der Waals surface area contributed by atoms with Crippen LogP contribution in [0.25, 0.3) is 0 Å². The van der Waals surface area contributed by atoms with Crippen molar-refractivity contribution >= 4 is 5.91 Å². The normalized spacial score (nSPS) is 37.4. The van der Waals surface area contributed by atoms with Gasteiger partial charge in [-0.1, -0.05) is 34.1 Å². The Bertz CT molecular complexity index is 332. The van der Waals surface area contributed by atoms with Gasteiger partial charge in [-0.15, -0.1) is 0 Å². The molecular weight excluding hydrogens is 240 g/mol. The van der Waals surface area contributed by atoms with E-state index < -0.39 is 0 Å². The maximum Gasteiger partial charge on any atom is 0.241 e. The molecule has 5 unspecified atom stereocenters. The monoisotopic (exact) mass is 268 g/mol. The van der Waals surface area contributed by atoms with Crippen molar-refractivity contribution in [3.63, 3.8) is 0 Å². The summed E-state index contributed by atoms with van der Waals surface area (Å²) in [5.41, 5.74) is 0. The Morgan fingerprint density at radius 3 is 2.58 bits per heavy atom. The van der Waals surface area contributed by atoms with Crippen molar-refractivity contribution in [3.8, 4) is 0 Å². The fraction of sp³-hybridized carbons (Fsp3) is 0.933. The molecule has 0 aromatic heterocycles. The lowest BCUT2D eigenvalue weighted by atomic mass is 9.99. The predicted molar refractivity (Wildman–Crippen MR) is 75.7 cm³/mol. The van der Waals surface area contributed by atoms with E-state index in [1.165, 1.54) is 0 Å². The Kier molecular flexibility index (Phi) is 4.51. The molecule has 0 aliphatic carbocycles. The van der Waals surface area contributed by atoms with Gasteiger partial charge in [0.15, 0.2) is 0 Å². The third-order valence-electron chi connectivity index (χ3n) is 4.71. The van der Waals surface area contributed by atoms with Crippen molar-refractivity contribution in [2.24, 2.45) is 11.8 Å². The van der Waals surface area contributed by atoms with Crippen LogP contribution in [0.5, 0.6) is 0 Å². The molecule has 2 fully saturated rings. The van der Waals surface area contributed by atoms with Gasteiger partial charge in [0.1, 0.15) is 0 Å². The van der Waals surface area contributed by atoms with Crippen LogP contribution in [0.2, 0.25) is 0 Å². The zero-order chi connectivity index (χ0) is 14.2. The highest BCUT2D eigenvalue weighted by molar-refractivity contribution is 5.85. The second-order valence-corrected chi connectivity index (χ2v) is 6.40. The molecule has 0 aromatic rings. The Balaban J connectivity index is 2.20. The number of nitrogens with zero attached hydrogens (tertiary/aromatic N) is 1. The van der Waals surface area contributed by atoms with Crippen molar-refractivity contribution in [2.45, 2.75) is 71.8 Å². The van der Waals surface area contributed by atoms with Crippen LogP contribution in [0.1, 0.15) is 47.5 Å². The Labute approximate surface area is 116 Å². The first-order valence-corrected chi connectivity index (χ1v) is 7.67. The van der Waals surface area contributed by atoms with Gasteiger partial charge in [-0.25, -0.2) is 0 Å². The molecule has 0 radical (unpaired) electrons. The van der Waals surface area contributed by atoms with E-state index in [0.29, 0.717) is 11.8 Å². The highest BCUT2D eigenvalue weighted by atomic mass is 16.5. The molecule has 2 rings (SSSR count). The minimum Gasteiger partial charge on any atom is -0.376 e. The summed E-state index contributed by atoms with van der Waals surface area (Å²) in [5, 5.41) is 3.56. The molecule has 19 heavy (non-hydrogen) atoms. The first kappa shape index (κ1) is 14.8. The highest BCUT2D eigenvalue weighted by Crippen LogP contribution is 2.30. The molecule has 1 amide bonds. The number of carbonyl (C=O) groups is 1. The van der Waals surface area contributed by atoms with Crippen molar-refractivity contribution < 1.29 is 9.53 Å². The minimum atomic E-state index is -0.0230. The molecule has 0 saturated carbocycles. The van der Waals surface area contributed by atoms with E-state index in [1.807, 2.05) is 0 Å². The van der Waals surface area contributed by atoms with Crippen LogP contribution in [0.15, 0.2) is 0 Å². The van der Waals surface area contributed by atoms with Crippen LogP contribution in [0.3, 0.4) is 0 Å². The maximum absolute atomic E-state index is 12.8. The largest absolute Gasteiger partial charge is 0.376 e. The quantitative estimate of drug-likeness (QED) is 0.848. The lowest BCUT2D eigenvalue weighted by Crippen LogP contribution is -2.49. The average Bonchev–Trinajstić information content (AvgIpc) is 2.92. The van der Waals surface area contributed by atoms with E-state index in [-0.39, 0.29) is 30.3 Å². The molecular formula is C15H28N2O2. The van der Waals surface area contributed by atoms with Gasteiger partial charge in [0.25, 0.3) is 0 Å². The van der Waals surface area contributed by atoms with Gasteiger partial charge in [-0.3, -0.25) is 10.1 Å². The molecule has 4 heteroatoms. The number of nitrogens with one attached hydrogen (secondary N) is 1. The lowest BCUT2D eigenvalue weighted by Gasteiger charge is -2.33. The number of ether oxygens (including phenoxy) is 1. The number of hydrogen-bond acceptors (Lipinski definition) is 3. The lowest BCUT2D eigenvalue weighted by molar-refractivity contribution is -0.134. The van der Waals surface area contributed by atoms with E-state index in [0.717, 1.165) is 19.4 Å². The molecule has 5 atom stereocenters. The van der Waals surface area contributed by atoms with Crippen LogP contribution >= 0.6 is 0 Å². The van der Waals surface area contributed by atoms with Crippen molar-refractivity contribution in [1.82, 2.24) is 10.2 Å². The van der Waals surface area contributed by atoms with E-state index in [4.69, 9.17) is 4.74 Å². The third kappa shape index (κ3) is 2.65. The van der Waals surface area contributed by atoms with Gasteiger partial charge in [-0.05, 0) is 25.2 Å². The van der Waals surface area contributed by atoms with Crippen LogP contribution in [0, 0.1) is 11.8 Å². The second-order valence-electron chi connectivity index (χ2n) is 6.40. The fourth-order valence-corrected chi connectivity index (χ4v) is 3.25. The third-order valence-corrected chi connectivity index (χ3v) is 4.71. The van der Waals surface area contributed by atoms with E-state index in [2.05, 4.69) is 44.8 Å². The second kappa shape index (κ2) is 5.80. The van der Waals surface area contributed by atoms with Gasteiger partial charge in [0, 0.05) is 6.61 Å². The molecule has 110 valence electrons. The van der Waals surface area contributed by atoms with Gasteiger partial charge >= 0.3 is 0 Å². The molecule has 2 saturated heterocycles. The van der Waals surface area contributed by atoms with Crippen molar-refractivity contribution in [2.75, 3.05) is 6.61 Å². The first-order chi connectivity index (χ1) is 8.97. The summed E-state index contributed by atoms with van der Waals surface area (Å²) in [6.45, 7) is 11.5. The number of carbonyl (C=O) groups excluding carboxylic acids is 1. The Morgan fingerprint density at radius 2 is 2.11 bits per heavy atom. The summed E-state index contributed by atoms with van der Waals surface area (Å²) in [7, 11) is 0. The molecule has 2 aliphatic rings. The van der Waals surface area contributed by atoms with Crippen molar-refractivity contribution in [3.05, 3.63) is 0 Å². The van der Waals surface area contributed by atoms with E-state index in [9.17, 15) is 4.79 Å². The van der Waals surface area contributed by atoms with Crippen LogP contribution < -0.4 is 5.32 Å². The number of hydrogen-bond donors (Lipinski definition) is 1. The van der Waals surface area contributed by atoms with E-state index >= 15 is 0 Å². The number of amides is 1. The zero-order valence-electron chi connectivity index (χ0n) is 12.8. The van der Waals surface area contributed by atoms with Crippen LogP contribution in [0.4, 0.5) is 0 Å². The smallest absolute Gasteiger partial charge is 0.241 e. The number of rotatable bonds is 4. The summed E-state index contributed by atoms with van der Waals surface area (Å²) in [5.74, 6) is 1.08. The van der Waals surface area contributed by atoms with E-state index in [1.54, 1.807) is 0 Å². The highest BCUT2D eigenvalue weighted by Gasteiger charge is 2.47. The summed E-state index contributed by atoms with van der Waals surface area (Å²) in [6, 6.07) is 0.214. The average molecular weight is 268 g/mol. The maximum atomic E-state index is 12.8. The standard InChI is InChI=1S/C15H28N2O2/c1-6-10(4)13-15(18)17(14(16-13)9(2)3)12-7-8-19-11(12)5/h9-14,16H,6-8H2,1-5H3. The summed E-state index contributed by atoms with van der Waals surface area (Å²) in [4.78, 5) is 14.8. The molecule has 2 aliphatic heterocycles. The molecule has 4 nitrogen and oxygen atoms in total. The van der Waals surface area contributed by atoms with Gasteiger partial charge in [0.05, 0.1) is 24.4 Å². The molecule has 2 heterocycles. The van der Waals surface area contributed by atoms with Crippen molar-refractivity contribution in [1.29, 1.82) is 0 Å². The molecule has 0 bridgehead atoms. The molecule has 1 N–H and O–H groups in total. The SMILES string of the molecule is CCC(C)C1NC(C(C)C)N(C2CCOC2C)C1=O. The summed E-state index contributed by atoms with van der Waals surface area (Å²) < 4.78 is 5.65. The topological polar surface area (TPSA) is 41.6 Å². The molecule has 0 aromatic carbocycles. The van der Waals surface area contributed by atoms with Gasteiger partial charge < -0.3 is 9.64 Å². The van der Waals surface area contributed by atoms with Gasteiger partial charge in [0.2, 0.25) is 5.91 Å². The summed E-state index contributed by atoms with van der Waals surface area (Å²) in [6.07, 6.45) is 2.30. The fourth-order valence-electron chi connectivity index (χ4n) is 3.25. The molecule has 0 spiro atoms. The Morgan fingerprint density at radius 1 is 1.42 bits per heavy atom. The van der Waals surface area contributed by atoms with Gasteiger partial charge in [-0.2, -0.15) is 0 Å².